The van der Waals surface area contributed by atoms with Crippen LogP contribution in [0.4, 0.5) is 5.69 Å². The van der Waals surface area contributed by atoms with Crippen molar-refractivity contribution in [2.75, 3.05) is 12.1 Å². The smallest absolute Gasteiger partial charge is 0.0590 e. The molecule has 0 saturated heterocycles. The van der Waals surface area contributed by atoms with Crippen LogP contribution in [0.25, 0.3) is 0 Å². The van der Waals surface area contributed by atoms with Crippen molar-refractivity contribution in [3.8, 4) is 0 Å². The molecule has 3 aromatic rings. The van der Waals surface area contributed by atoms with Crippen LogP contribution in [-0.2, 0) is 0 Å². The minimum absolute atomic E-state index is 1.07. The summed E-state index contributed by atoms with van der Waals surface area (Å²) >= 11 is 1.75. The molecule has 0 aromatic heterocycles. The van der Waals surface area contributed by atoms with Crippen LogP contribution in [0.3, 0.4) is 0 Å². The van der Waals surface area contributed by atoms with Gasteiger partial charge >= 0.3 is 0 Å². The van der Waals surface area contributed by atoms with Gasteiger partial charge < -0.3 is 0 Å². The number of hydrazone groups is 1. The minimum Gasteiger partial charge on any atom is -0.269 e. The third-order valence-electron chi connectivity index (χ3n) is 3.39. The van der Waals surface area contributed by atoms with Crippen molar-refractivity contribution in [2.24, 2.45) is 5.10 Å². The number of para-hydroxylation sites is 1. The van der Waals surface area contributed by atoms with Crippen LogP contribution in [0.2, 0.25) is 0 Å². The van der Waals surface area contributed by atoms with E-state index in [4.69, 9.17) is 0 Å². The van der Waals surface area contributed by atoms with Gasteiger partial charge in [-0.1, -0.05) is 66.4 Å². The van der Waals surface area contributed by atoms with Crippen molar-refractivity contribution >= 4 is 23.7 Å². The van der Waals surface area contributed by atoms with Crippen molar-refractivity contribution in [2.45, 2.75) is 9.79 Å². The molecule has 0 heterocycles. The van der Waals surface area contributed by atoms with E-state index >= 15 is 0 Å². The van der Waals surface area contributed by atoms with Gasteiger partial charge in [0.2, 0.25) is 0 Å². The van der Waals surface area contributed by atoms with E-state index in [0.29, 0.717) is 0 Å². The third kappa shape index (κ3) is 4.24. The van der Waals surface area contributed by atoms with Crippen molar-refractivity contribution in [1.82, 2.24) is 0 Å². The summed E-state index contributed by atoms with van der Waals surface area (Å²) in [6, 6.07) is 28.8. The quantitative estimate of drug-likeness (QED) is 0.468. The standard InChI is InChI=1S/C20H18N2S/c1-22(18-11-4-2-5-12-18)21-16-17-10-8-9-15-20(17)23-19-13-6-3-7-14-19/h2-16H,1H3. The van der Waals surface area contributed by atoms with Crippen LogP contribution in [0, 0.1) is 0 Å². The van der Waals surface area contributed by atoms with Gasteiger partial charge in [0.1, 0.15) is 0 Å². The Balaban J connectivity index is 1.79. The Morgan fingerprint density at radius 2 is 1.39 bits per heavy atom. The SMILES string of the molecule is CN(N=Cc1ccccc1Sc1ccccc1)c1ccccc1. The van der Waals surface area contributed by atoms with Gasteiger partial charge in [0.05, 0.1) is 11.9 Å². The summed E-state index contributed by atoms with van der Waals surface area (Å²) in [6.45, 7) is 0. The van der Waals surface area contributed by atoms with Crippen LogP contribution >= 0.6 is 11.8 Å². The summed E-state index contributed by atoms with van der Waals surface area (Å²) < 4.78 is 0. The van der Waals surface area contributed by atoms with E-state index < -0.39 is 0 Å². The van der Waals surface area contributed by atoms with Crippen LogP contribution in [0.15, 0.2) is 99.8 Å². The lowest BCUT2D eigenvalue weighted by atomic mass is 10.2. The largest absolute Gasteiger partial charge is 0.269 e. The van der Waals surface area contributed by atoms with Gasteiger partial charge in [0, 0.05) is 22.4 Å². The van der Waals surface area contributed by atoms with Gasteiger partial charge in [-0.3, -0.25) is 5.01 Å². The Hall–Kier alpha value is -2.52. The molecule has 0 N–H and O–H groups in total. The number of anilines is 1. The molecule has 3 rings (SSSR count). The fourth-order valence-corrected chi connectivity index (χ4v) is 3.09. The molecule has 114 valence electrons. The number of nitrogens with zero attached hydrogens (tertiary/aromatic N) is 2. The zero-order valence-electron chi connectivity index (χ0n) is 13.0. The van der Waals surface area contributed by atoms with Gasteiger partial charge in [-0.25, -0.2) is 0 Å². The molecule has 0 saturated carbocycles. The average molecular weight is 318 g/mol. The van der Waals surface area contributed by atoms with E-state index in [2.05, 4.69) is 47.6 Å². The summed E-state index contributed by atoms with van der Waals surface area (Å²) in [5.74, 6) is 0. The van der Waals surface area contributed by atoms with Crippen molar-refractivity contribution in [3.05, 3.63) is 90.5 Å². The highest BCUT2D eigenvalue weighted by molar-refractivity contribution is 7.99. The maximum absolute atomic E-state index is 4.56. The molecule has 3 aromatic carbocycles. The third-order valence-corrected chi connectivity index (χ3v) is 4.49. The van der Waals surface area contributed by atoms with Crippen LogP contribution in [0.5, 0.6) is 0 Å². The summed E-state index contributed by atoms with van der Waals surface area (Å²) in [4.78, 5) is 2.42. The fraction of sp³-hybridized carbons (Fsp3) is 0.0500. The molecule has 3 heteroatoms. The van der Waals surface area contributed by atoms with Crippen molar-refractivity contribution < 1.29 is 0 Å². The Bertz CT molecular complexity index is 770. The Morgan fingerprint density at radius 1 is 0.783 bits per heavy atom. The van der Waals surface area contributed by atoms with Gasteiger partial charge in [-0.2, -0.15) is 5.10 Å². The summed E-state index contributed by atoms with van der Waals surface area (Å²) in [7, 11) is 1.96. The normalized spacial score (nSPS) is 10.8. The minimum atomic E-state index is 1.07. The zero-order chi connectivity index (χ0) is 15.9. The molecular formula is C20H18N2S. The summed E-state index contributed by atoms with van der Waals surface area (Å²) in [5.41, 5.74) is 2.18. The second-order valence-electron chi connectivity index (χ2n) is 5.06. The van der Waals surface area contributed by atoms with Gasteiger partial charge in [0.15, 0.2) is 0 Å². The van der Waals surface area contributed by atoms with E-state index in [-0.39, 0.29) is 0 Å². The first-order chi connectivity index (χ1) is 11.3. The van der Waals surface area contributed by atoms with E-state index in [1.54, 1.807) is 11.8 Å². The molecule has 0 fully saturated rings. The molecule has 0 bridgehead atoms. The Morgan fingerprint density at radius 3 is 2.13 bits per heavy atom. The molecule has 23 heavy (non-hydrogen) atoms. The lowest BCUT2D eigenvalue weighted by Gasteiger charge is -2.12. The van der Waals surface area contributed by atoms with Gasteiger partial charge in [-0.05, 0) is 30.3 Å². The molecule has 0 amide bonds. The average Bonchev–Trinajstić information content (AvgIpc) is 2.62. The molecule has 0 spiro atoms. The van der Waals surface area contributed by atoms with Gasteiger partial charge in [-0.15, -0.1) is 0 Å². The Labute approximate surface area is 141 Å². The highest BCUT2D eigenvalue weighted by Gasteiger charge is 2.03. The molecule has 2 nitrogen and oxygen atoms in total. The summed E-state index contributed by atoms with van der Waals surface area (Å²) in [5, 5.41) is 6.44. The van der Waals surface area contributed by atoms with Crippen molar-refractivity contribution in [3.63, 3.8) is 0 Å². The van der Waals surface area contributed by atoms with Crippen LogP contribution in [0.1, 0.15) is 5.56 Å². The fourth-order valence-electron chi connectivity index (χ4n) is 2.15. The zero-order valence-corrected chi connectivity index (χ0v) is 13.8. The molecule has 0 radical (unpaired) electrons. The number of benzene rings is 3. The first kappa shape index (κ1) is 15.4. The molecular weight excluding hydrogens is 300 g/mol. The number of rotatable bonds is 5. The predicted molar refractivity (Wildman–Crippen MR) is 99.4 cm³/mol. The number of hydrogen-bond acceptors (Lipinski definition) is 3. The Kier molecular flexibility index (Phi) is 5.12. The maximum Gasteiger partial charge on any atom is 0.0590 e. The lowest BCUT2D eigenvalue weighted by molar-refractivity contribution is 1.02. The summed E-state index contributed by atoms with van der Waals surface area (Å²) in [6.07, 6.45) is 1.91. The molecule has 0 aliphatic heterocycles. The topological polar surface area (TPSA) is 15.6 Å². The van der Waals surface area contributed by atoms with Crippen LogP contribution < -0.4 is 5.01 Å². The second kappa shape index (κ2) is 7.65. The number of hydrogen-bond donors (Lipinski definition) is 0. The second-order valence-corrected chi connectivity index (χ2v) is 6.17. The monoisotopic (exact) mass is 318 g/mol. The van der Waals surface area contributed by atoms with E-state index in [1.165, 1.54) is 9.79 Å². The molecule has 0 unspecified atom stereocenters. The maximum atomic E-state index is 4.56. The van der Waals surface area contributed by atoms with E-state index in [0.717, 1.165) is 11.3 Å². The predicted octanol–water partition coefficient (Wildman–Crippen LogP) is 5.31. The van der Waals surface area contributed by atoms with Gasteiger partial charge in [0.25, 0.3) is 0 Å². The molecule has 0 aliphatic carbocycles. The molecule has 0 atom stereocenters. The lowest BCUT2D eigenvalue weighted by Crippen LogP contribution is -2.08. The van der Waals surface area contributed by atoms with Crippen LogP contribution in [-0.4, -0.2) is 13.3 Å². The van der Waals surface area contributed by atoms with Crippen molar-refractivity contribution in [1.29, 1.82) is 0 Å². The van der Waals surface area contributed by atoms with E-state index in [9.17, 15) is 0 Å². The molecule has 0 aliphatic rings. The first-order valence-corrected chi connectivity index (χ1v) is 8.29. The first-order valence-electron chi connectivity index (χ1n) is 7.47. The highest BCUT2D eigenvalue weighted by atomic mass is 32.2. The highest BCUT2D eigenvalue weighted by Crippen LogP contribution is 2.29. The van der Waals surface area contributed by atoms with E-state index in [1.807, 2.05) is 60.7 Å².